The molecular weight excluding hydrogens is 395 g/mol. The monoisotopic (exact) mass is 422 g/mol. The van der Waals surface area contributed by atoms with Gasteiger partial charge in [-0.1, -0.05) is 0 Å². The van der Waals surface area contributed by atoms with E-state index in [2.05, 4.69) is 20.6 Å². The Morgan fingerprint density at radius 1 is 1.32 bits per heavy atom. The molecule has 6 nitrogen and oxygen atoms in total. The molecule has 0 bridgehead atoms. The maximum absolute atomic E-state index is 5.41. The van der Waals surface area contributed by atoms with Gasteiger partial charge in [-0.15, -0.1) is 24.0 Å². The lowest BCUT2D eigenvalue weighted by atomic mass is 10.1. The SMILES string of the molecule is CCOCCNC(=NC)NCc1ncc(C)c(OC)c1C.I. The molecule has 0 aliphatic carbocycles. The molecule has 1 aromatic heterocycles. The van der Waals surface area contributed by atoms with E-state index in [1.54, 1.807) is 14.2 Å². The van der Waals surface area contributed by atoms with Crippen molar-refractivity contribution in [3.8, 4) is 5.75 Å². The molecule has 0 radical (unpaired) electrons. The van der Waals surface area contributed by atoms with E-state index in [1.807, 2.05) is 27.0 Å². The van der Waals surface area contributed by atoms with E-state index in [-0.39, 0.29) is 24.0 Å². The molecule has 0 atom stereocenters. The molecule has 0 aromatic carbocycles. The van der Waals surface area contributed by atoms with Crippen molar-refractivity contribution in [1.29, 1.82) is 0 Å². The number of methoxy groups -OCH3 is 1. The van der Waals surface area contributed by atoms with Crippen molar-refractivity contribution >= 4 is 29.9 Å². The number of aryl methyl sites for hydroxylation is 1. The van der Waals surface area contributed by atoms with Crippen LogP contribution >= 0.6 is 24.0 Å². The highest BCUT2D eigenvalue weighted by Crippen LogP contribution is 2.23. The van der Waals surface area contributed by atoms with Crippen LogP contribution in [0.15, 0.2) is 11.2 Å². The summed E-state index contributed by atoms with van der Waals surface area (Å²) in [5.74, 6) is 1.62. The van der Waals surface area contributed by atoms with Gasteiger partial charge in [0.25, 0.3) is 0 Å². The third-order valence-electron chi connectivity index (χ3n) is 3.14. The Labute approximate surface area is 150 Å². The summed E-state index contributed by atoms with van der Waals surface area (Å²) in [6.07, 6.45) is 1.83. The van der Waals surface area contributed by atoms with Gasteiger partial charge in [-0.25, -0.2) is 0 Å². The summed E-state index contributed by atoms with van der Waals surface area (Å²) in [7, 11) is 3.42. The molecule has 0 unspecified atom stereocenters. The third kappa shape index (κ3) is 6.35. The number of halogens is 1. The fourth-order valence-corrected chi connectivity index (χ4v) is 2.02. The van der Waals surface area contributed by atoms with Crippen LogP contribution < -0.4 is 15.4 Å². The van der Waals surface area contributed by atoms with E-state index in [0.717, 1.165) is 41.7 Å². The van der Waals surface area contributed by atoms with Gasteiger partial charge in [-0.05, 0) is 20.8 Å². The smallest absolute Gasteiger partial charge is 0.191 e. The average Bonchev–Trinajstić information content (AvgIpc) is 2.49. The van der Waals surface area contributed by atoms with Crippen LogP contribution in [-0.4, -0.2) is 44.9 Å². The Bertz CT molecular complexity index is 481. The second-order valence-electron chi connectivity index (χ2n) is 4.60. The summed E-state index contributed by atoms with van der Waals surface area (Å²) in [5, 5.41) is 6.43. The second kappa shape index (κ2) is 11.5. The summed E-state index contributed by atoms with van der Waals surface area (Å²) >= 11 is 0. The van der Waals surface area contributed by atoms with Crippen molar-refractivity contribution in [1.82, 2.24) is 15.6 Å². The fourth-order valence-electron chi connectivity index (χ4n) is 2.02. The standard InChI is InChI=1S/C15H26N4O2.HI/c1-6-21-8-7-17-15(16-4)19-10-13-12(3)14(20-5)11(2)9-18-13;/h9H,6-8,10H2,1-5H3,(H2,16,17,19);1H. The minimum absolute atomic E-state index is 0. The van der Waals surface area contributed by atoms with E-state index in [1.165, 1.54) is 0 Å². The van der Waals surface area contributed by atoms with Gasteiger partial charge >= 0.3 is 0 Å². The quantitative estimate of drug-likeness (QED) is 0.305. The third-order valence-corrected chi connectivity index (χ3v) is 3.14. The number of nitrogens with zero attached hydrogens (tertiary/aromatic N) is 2. The Kier molecular flexibility index (Phi) is 10.9. The first-order valence-corrected chi connectivity index (χ1v) is 7.15. The van der Waals surface area contributed by atoms with E-state index in [9.17, 15) is 0 Å². The molecule has 126 valence electrons. The molecule has 0 aliphatic rings. The number of hydrogen-bond donors (Lipinski definition) is 2. The van der Waals surface area contributed by atoms with E-state index in [0.29, 0.717) is 13.2 Å². The summed E-state index contributed by atoms with van der Waals surface area (Å²) < 4.78 is 10.7. The lowest BCUT2D eigenvalue weighted by Crippen LogP contribution is -2.38. The first kappa shape index (κ1) is 20.9. The summed E-state index contributed by atoms with van der Waals surface area (Å²) in [6.45, 7) is 8.68. The van der Waals surface area contributed by atoms with Gasteiger partial charge in [-0.3, -0.25) is 9.98 Å². The predicted molar refractivity (Wildman–Crippen MR) is 100 cm³/mol. The predicted octanol–water partition coefficient (Wildman–Crippen LogP) is 2.03. The second-order valence-corrected chi connectivity index (χ2v) is 4.60. The number of rotatable bonds is 7. The molecule has 1 heterocycles. The molecule has 22 heavy (non-hydrogen) atoms. The highest BCUT2D eigenvalue weighted by atomic mass is 127. The zero-order valence-electron chi connectivity index (χ0n) is 14.0. The lowest BCUT2D eigenvalue weighted by molar-refractivity contribution is 0.152. The minimum atomic E-state index is 0. The summed E-state index contributed by atoms with van der Waals surface area (Å²) in [5.41, 5.74) is 3.04. The van der Waals surface area contributed by atoms with E-state index < -0.39 is 0 Å². The maximum atomic E-state index is 5.41. The molecule has 0 saturated heterocycles. The van der Waals surface area contributed by atoms with Crippen molar-refractivity contribution in [2.45, 2.75) is 27.3 Å². The molecule has 7 heteroatoms. The average molecular weight is 422 g/mol. The molecular formula is C15H27IN4O2. The molecule has 1 aromatic rings. The molecule has 0 spiro atoms. The van der Waals surface area contributed by atoms with Crippen molar-refractivity contribution in [3.63, 3.8) is 0 Å². The van der Waals surface area contributed by atoms with Crippen LogP contribution in [0.3, 0.4) is 0 Å². The molecule has 1 rings (SSSR count). The number of pyridine rings is 1. The van der Waals surface area contributed by atoms with Gasteiger partial charge < -0.3 is 20.1 Å². The van der Waals surface area contributed by atoms with Gasteiger partial charge in [0.15, 0.2) is 5.96 Å². The Morgan fingerprint density at radius 3 is 2.64 bits per heavy atom. The van der Waals surface area contributed by atoms with Gasteiger partial charge in [0.2, 0.25) is 0 Å². The number of nitrogens with one attached hydrogen (secondary N) is 2. The van der Waals surface area contributed by atoms with Crippen LogP contribution in [-0.2, 0) is 11.3 Å². The Morgan fingerprint density at radius 2 is 2.05 bits per heavy atom. The Hall–Kier alpha value is -1.09. The number of aromatic nitrogens is 1. The number of ether oxygens (including phenoxy) is 2. The topological polar surface area (TPSA) is 67.8 Å². The van der Waals surface area contributed by atoms with Crippen LogP contribution in [0, 0.1) is 13.8 Å². The molecule has 0 aliphatic heterocycles. The van der Waals surface area contributed by atoms with Crippen LogP contribution in [0.1, 0.15) is 23.7 Å². The number of aliphatic imine (C=N–C) groups is 1. The van der Waals surface area contributed by atoms with Crippen molar-refractivity contribution in [3.05, 3.63) is 23.0 Å². The van der Waals surface area contributed by atoms with E-state index >= 15 is 0 Å². The van der Waals surface area contributed by atoms with Gasteiger partial charge in [0.05, 0.1) is 26.0 Å². The molecule has 0 fully saturated rings. The van der Waals surface area contributed by atoms with Crippen LogP contribution in [0.5, 0.6) is 5.75 Å². The first-order chi connectivity index (χ1) is 10.1. The summed E-state index contributed by atoms with van der Waals surface area (Å²) in [6, 6.07) is 0. The van der Waals surface area contributed by atoms with Crippen molar-refractivity contribution < 1.29 is 9.47 Å². The number of hydrogen-bond acceptors (Lipinski definition) is 4. The number of guanidine groups is 1. The van der Waals surface area contributed by atoms with Crippen LogP contribution in [0.4, 0.5) is 0 Å². The molecule has 0 amide bonds. The largest absolute Gasteiger partial charge is 0.496 e. The van der Waals surface area contributed by atoms with Gasteiger partial charge in [0.1, 0.15) is 5.75 Å². The van der Waals surface area contributed by atoms with Gasteiger partial charge in [-0.2, -0.15) is 0 Å². The van der Waals surface area contributed by atoms with Crippen LogP contribution in [0.25, 0.3) is 0 Å². The fraction of sp³-hybridized carbons (Fsp3) is 0.600. The molecule has 0 saturated carbocycles. The van der Waals surface area contributed by atoms with Gasteiger partial charge in [0, 0.05) is 37.5 Å². The highest BCUT2D eigenvalue weighted by Gasteiger charge is 2.09. The van der Waals surface area contributed by atoms with E-state index in [4.69, 9.17) is 9.47 Å². The van der Waals surface area contributed by atoms with Crippen molar-refractivity contribution in [2.75, 3.05) is 33.9 Å². The Balaban J connectivity index is 0.00000441. The zero-order chi connectivity index (χ0) is 15.7. The molecule has 2 N–H and O–H groups in total. The normalized spacial score (nSPS) is 10.9. The summed E-state index contributed by atoms with van der Waals surface area (Å²) in [4.78, 5) is 8.62. The first-order valence-electron chi connectivity index (χ1n) is 7.15. The van der Waals surface area contributed by atoms with Crippen molar-refractivity contribution in [2.24, 2.45) is 4.99 Å². The highest BCUT2D eigenvalue weighted by molar-refractivity contribution is 14.0. The maximum Gasteiger partial charge on any atom is 0.191 e. The lowest BCUT2D eigenvalue weighted by Gasteiger charge is -2.15. The minimum Gasteiger partial charge on any atom is -0.496 e. The van der Waals surface area contributed by atoms with Crippen LogP contribution in [0.2, 0.25) is 0 Å². The zero-order valence-corrected chi connectivity index (χ0v) is 16.4.